The third kappa shape index (κ3) is 4.02. The summed E-state index contributed by atoms with van der Waals surface area (Å²) in [4.78, 5) is 0.610. The van der Waals surface area contributed by atoms with Crippen LogP contribution in [0.25, 0.3) is 0 Å². The maximum atomic E-state index is 9.95. The van der Waals surface area contributed by atoms with Crippen molar-refractivity contribution < 1.29 is 14.9 Å². The minimum absolute atomic E-state index is 0.0836. The number of aliphatic hydroxyl groups excluding tert-OH is 1. The molecule has 0 amide bonds. The first-order valence-electron chi connectivity index (χ1n) is 9.47. The molecule has 1 aliphatic carbocycles. The van der Waals surface area contributed by atoms with Crippen LogP contribution in [-0.4, -0.2) is 16.5 Å². The van der Waals surface area contributed by atoms with Crippen LogP contribution in [0, 0.1) is 6.92 Å². The number of aryl methyl sites for hydroxylation is 1. The second kappa shape index (κ2) is 7.99. The summed E-state index contributed by atoms with van der Waals surface area (Å²) in [5.41, 5.74) is 3.92. The Morgan fingerprint density at radius 2 is 1.74 bits per heavy atom. The molecule has 1 saturated carbocycles. The summed E-state index contributed by atoms with van der Waals surface area (Å²) in [7, 11) is 0. The first kappa shape index (κ1) is 19.8. The predicted octanol–water partition coefficient (Wildman–Crippen LogP) is 5.51. The smallest absolute Gasteiger partial charge is 0.219 e. The Bertz CT molecular complexity index is 838. The number of hydrogen-bond donors (Lipinski definition) is 3. The lowest BCUT2D eigenvalue weighted by Crippen LogP contribution is -2.30. The average molecular weight is 385 g/mol. The number of phenolic OH excluding ortho intramolecular Hbond substituents is 1. The molecule has 1 fully saturated rings. The zero-order chi connectivity index (χ0) is 19.6. The van der Waals surface area contributed by atoms with Crippen LogP contribution in [0.2, 0.25) is 0 Å². The predicted molar refractivity (Wildman–Crippen MR) is 112 cm³/mol. The van der Waals surface area contributed by atoms with Crippen molar-refractivity contribution in [2.75, 3.05) is 0 Å². The van der Waals surface area contributed by atoms with E-state index in [1.54, 1.807) is 13.0 Å². The minimum Gasteiger partial charge on any atom is -0.507 e. The Labute approximate surface area is 167 Å². The molecule has 27 heavy (non-hydrogen) atoms. The number of ether oxygens (including phenoxy) is 1. The van der Waals surface area contributed by atoms with Gasteiger partial charge in [-0.15, -0.1) is 12.6 Å². The summed E-state index contributed by atoms with van der Waals surface area (Å²) in [5, 5.41) is 19.8. The molecule has 3 rings (SSSR count). The fraction of sp³-hybridized carbons (Fsp3) is 0.391. The van der Waals surface area contributed by atoms with Gasteiger partial charge in [0.25, 0.3) is 0 Å². The Kier molecular flexibility index (Phi) is 5.87. The molecular formula is C23H28O3S. The highest BCUT2D eigenvalue weighted by atomic mass is 32.1. The number of thiol groups is 1. The lowest BCUT2D eigenvalue weighted by molar-refractivity contribution is 0.0145. The zero-order valence-corrected chi connectivity index (χ0v) is 16.9. The van der Waals surface area contributed by atoms with Gasteiger partial charge in [-0.1, -0.05) is 44.0 Å². The summed E-state index contributed by atoms with van der Waals surface area (Å²) in [6.45, 7) is 7.48. The summed E-state index contributed by atoms with van der Waals surface area (Å²) in [6.07, 6.45) is 4.74. The molecule has 0 saturated heterocycles. The van der Waals surface area contributed by atoms with E-state index in [9.17, 15) is 10.2 Å². The van der Waals surface area contributed by atoms with Gasteiger partial charge >= 0.3 is 0 Å². The van der Waals surface area contributed by atoms with Crippen molar-refractivity contribution in [3.8, 4) is 11.5 Å². The molecule has 0 aromatic heterocycles. The summed E-state index contributed by atoms with van der Waals surface area (Å²) >= 11 is 4.42. The second-order valence-corrected chi connectivity index (χ2v) is 8.12. The second-order valence-electron chi connectivity index (χ2n) is 7.64. The Morgan fingerprint density at radius 3 is 2.33 bits per heavy atom. The third-order valence-electron chi connectivity index (χ3n) is 5.62. The molecule has 1 unspecified atom stereocenters. The van der Waals surface area contributed by atoms with Crippen LogP contribution in [0.3, 0.4) is 0 Å². The molecular weight excluding hydrogens is 356 g/mol. The van der Waals surface area contributed by atoms with Crippen molar-refractivity contribution in [3.05, 3.63) is 65.2 Å². The van der Waals surface area contributed by atoms with E-state index in [0.29, 0.717) is 16.2 Å². The largest absolute Gasteiger partial charge is 0.507 e. The number of benzene rings is 2. The van der Waals surface area contributed by atoms with Crippen LogP contribution in [0.15, 0.2) is 53.4 Å². The Morgan fingerprint density at radius 1 is 1.11 bits per heavy atom. The fourth-order valence-corrected chi connectivity index (χ4v) is 4.23. The van der Waals surface area contributed by atoms with Crippen molar-refractivity contribution in [3.63, 3.8) is 0 Å². The molecule has 0 aliphatic heterocycles. The standard InChI is InChI=1S/C23H28O3S/c1-15(2)22(25)26-20-10-8-17(13-16(20)3)23(11-5-4-6-12-23)18-7-9-19(24)21(27)14-18/h7-10,13-14,22,24-25,27H,1,4-6,11-12H2,2-3H3. The summed E-state index contributed by atoms with van der Waals surface area (Å²) < 4.78 is 5.63. The number of aliphatic hydroxyl groups is 1. The third-order valence-corrected chi connectivity index (χ3v) is 5.98. The molecule has 2 aromatic rings. The van der Waals surface area contributed by atoms with E-state index in [2.05, 4.69) is 31.3 Å². The molecule has 1 aliphatic rings. The van der Waals surface area contributed by atoms with Crippen molar-refractivity contribution in [2.45, 2.75) is 62.6 Å². The first-order valence-corrected chi connectivity index (χ1v) is 9.92. The molecule has 0 spiro atoms. The van der Waals surface area contributed by atoms with Gasteiger partial charge in [0.1, 0.15) is 11.5 Å². The van der Waals surface area contributed by atoms with E-state index < -0.39 is 6.29 Å². The van der Waals surface area contributed by atoms with Crippen molar-refractivity contribution in [2.24, 2.45) is 0 Å². The average Bonchev–Trinajstić information content (AvgIpc) is 2.66. The van der Waals surface area contributed by atoms with Gasteiger partial charge in [-0.2, -0.15) is 0 Å². The minimum atomic E-state index is -0.998. The molecule has 0 heterocycles. The van der Waals surface area contributed by atoms with Crippen LogP contribution in [0.1, 0.15) is 55.7 Å². The normalized spacial score (nSPS) is 17.3. The summed E-state index contributed by atoms with van der Waals surface area (Å²) in [6, 6.07) is 12.0. The van der Waals surface area contributed by atoms with Gasteiger partial charge in [0.05, 0.1) is 0 Å². The van der Waals surface area contributed by atoms with E-state index in [4.69, 9.17) is 4.74 Å². The van der Waals surface area contributed by atoms with E-state index in [1.165, 1.54) is 30.4 Å². The number of aromatic hydroxyl groups is 1. The van der Waals surface area contributed by atoms with Crippen LogP contribution in [-0.2, 0) is 5.41 Å². The lowest BCUT2D eigenvalue weighted by Gasteiger charge is -2.39. The zero-order valence-electron chi connectivity index (χ0n) is 16.0. The van der Waals surface area contributed by atoms with Crippen molar-refractivity contribution in [1.82, 2.24) is 0 Å². The SMILES string of the molecule is C=C(C)C(O)Oc1ccc(C2(c3ccc(O)c(S)c3)CCCCC2)cc1C. The number of rotatable bonds is 5. The molecule has 3 nitrogen and oxygen atoms in total. The van der Waals surface area contributed by atoms with E-state index in [0.717, 1.165) is 18.4 Å². The van der Waals surface area contributed by atoms with E-state index >= 15 is 0 Å². The molecule has 0 radical (unpaired) electrons. The maximum absolute atomic E-state index is 9.95. The highest BCUT2D eigenvalue weighted by Gasteiger charge is 2.36. The highest BCUT2D eigenvalue weighted by molar-refractivity contribution is 7.80. The van der Waals surface area contributed by atoms with Crippen molar-refractivity contribution in [1.29, 1.82) is 0 Å². The van der Waals surface area contributed by atoms with Gasteiger partial charge in [0, 0.05) is 10.3 Å². The summed E-state index contributed by atoms with van der Waals surface area (Å²) in [5.74, 6) is 0.877. The van der Waals surface area contributed by atoms with Gasteiger partial charge in [-0.25, -0.2) is 0 Å². The topological polar surface area (TPSA) is 49.7 Å². The van der Waals surface area contributed by atoms with Gasteiger partial charge in [0.2, 0.25) is 6.29 Å². The molecule has 1 atom stereocenters. The molecule has 144 valence electrons. The number of phenols is 1. The van der Waals surface area contributed by atoms with Crippen LogP contribution in [0.4, 0.5) is 0 Å². The van der Waals surface area contributed by atoms with Gasteiger partial charge in [0.15, 0.2) is 0 Å². The van der Waals surface area contributed by atoms with Gasteiger partial charge in [-0.05, 0) is 67.2 Å². The first-order chi connectivity index (χ1) is 12.8. The molecule has 2 aromatic carbocycles. The van der Waals surface area contributed by atoms with E-state index in [1.807, 2.05) is 25.1 Å². The quantitative estimate of drug-likeness (QED) is 0.362. The molecule has 2 N–H and O–H groups in total. The highest BCUT2D eigenvalue weighted by Crippen LogP contribution is 2.46. The number of hydrogen-bond acceptors (Lipinski definition) is 4. The monoisotopic (exact) mass is 384 g/mol. The Hall–Kier alpha value is -1.91. The van der Waals surface area contributed by atoms with Crippen LogP contribution in [0.5, 0.6) is 11.5 Å². The molecule has 4 heteroatoms. The maximum Gasteiger partial charge on any atom is 0.219 e. The fourth-order valence-electron chi connectivity index (χ4n) is 4.02. The van der Waals surface area contributed by atoms with Crippen LogP contribution >= 0.6 is 12.6 Å². The Balaban J connectivity index is 2.02. The molecule has 0 bridgehead atoms. The van der Waals surface area contributed by atoms with Crippen LogP contribution < -0.4 is 4.74 Å². The van der Waals surface area contributed by atoms with Crippen molar-refractivity contribution >= 4 is 12.6 Å². The lowest BCUT2D eigenvalue weighted by atomic mass is 9.65. The van der Waals surface area contributed by atoms with E-state index in [-0.39, 0.29) is 11.2 Å². The van der Waals surface area contributed by atoms with Gasteiger partial charge < -0.3 is 14.9 Å². The van der Waals surface area contributed by atoms with Gasteiger partial charge in [-0.3, -0.25) is 0 Å².